The van der Waals surface area contributed by atoms with Crippen LogP contribution in [0.1, 0.15) is 25.0 Å². The summed E-state index contributed by atoms with van der Waals surface area (Å²) in [6, 6.07) is 0.382. The Bertz CT molecular complexity index is 331. The van der Waals surface area contributed by atoms with Gasteiger partial charge in [-0.15, -0.1) is 10.2 Å². The molecular weight excluding hydrogens is 204 g/mol. The normalized spacial score (nSPS) is 21.2. The lowest BCUT2D eigenvalue weighted by atomic mass is 10.2. The molecule has 1 unspecified atom stereocenters. The summed E-state index contributed by atoms with van der Waals surface area (Å²) in [5.41, 5.74) is 0. The van der Waals surface area contributed by atoms with Crippen LogP contribution in [0.5, 0.6) is 0 Å². The van der Waals surface area contributed by atoms with Gasteiger partial charge in [0.05, 0.1) is 13.2 Å². The molecule has 0 bridgehead atoms. The van der Waals surface area contributed by atoms with Gasteiger partial charge in [-0.25, -0.2) is 0 Å². The van der Waals surface area contributed by atoms with Gasteiger partial charge in [-0.1, -0.05) is 6.92 Å². The third-order valence-electron chi connectivity index (χ3n) is 2.89. The molecule has 0 radical (unpaired) electrons. The second kappa shape index (κ2) is 5.41. The Hall–Kier alpha value is -0.940. The topological polar surface area (TPSA) is 52.0 Å². The van der Waals surface area contributed by atoms with Gasteiger partial charge >= 0.3 is 0 Å². The highest BCUT2D eigenvalue weighted by molar-refractivity contribution is 4.97. The molecule has 2 heterocycles. The number of rotatable bonds is 4. The Morgan fingerprint density at radius 1 is 1.50 bits per heavy atom. The van der Waals surface area contributed by atoms with Gasteiger partial charge in [-0.2, -0.15) is 0 Å². The van der Waals surface area contributed by atoms with Gasteiger partial charge in [0.1, 0.15) is 11.6 Å². The van der Waals surface area contributed by atoms with Crippen molar-refractivity contribution < 1.29 is 4.74 Å². The number of aryl methyl sites for hydroxylation is 1. The fraction of sp³-hybridized carbons (Fsp3) is 0.818. The van der Waals surface area contributed by atoms with E-state index in [0.29, 0.717) is 6.04 Å². The third-order valence-corrected chi connectivity index (χ3v) is 2.89. The summed E-state index contributed by atoms with van der Waals surface area (Å²) in [6.07, 6.45) is 2.02. The van der Waals surface area contributed by atoms with Crippen LogP contribution in [0.15, 0.2) is 0 Å². The summed E-state index contributed by atoms with van der Waals surface area (Å²) in [5.74, 6) is 2.08. The quantitative estimate of drug-likeness (QED) is 0.810. The Morgan fingerprint density at radius 2 is 2.38 bits per heavy atom. The number of nitrogens with zero attached hydrogens (tertiary/aromatic N) is 3. The first-order valence-corrected chi connectivity index (χ1v) is 6.01. The highest BCUT2D eigenvalue weighted by Crippen LogP contribution is 2.07. The predicted octanol–water partition coefficient (Wildman–Crippen LogP) is 0.527. The van der Waals surface area contributed by atoms with Gasteiger partial charge in [0.2, 0.25) is 0 Å². The molecule has 1 saturated heterocycles. The van der Waals surface area contributed by atoms with E-state index in [1.807, 2.05) is 6.92 Å². The predicted molar refractivity (Wildman–Crippen MR) is 61.4 cm³/mol. The molecule has 1 aromatic heterocycles. The zero-order valence-electron chi connectivity index (χ0n) is 10.1. The molecule has 1 atom stereocenters. The smallest absolute Gasteiger partial charge is 0.134 e. The third kappa shape index (κ3) is 2.59. The van der Waals surface area contributed by atoms with Crippen LogP contribution in [0.25, 0.3) is 0 Å². The van der Waals surface area contributed by atoms with E-state index >= 15 is 0 Å². The van der Waals surface area contributed by atoms with Gasteiger partial charge in [-0.3, -0.25) is 0 Å². The van der Waals surface area contributed by atoms with Gasteiger partial charge in [-0.05, 0) is 13.3 Å². The number of aromatic nitrogens is 3. The van der Waals surface area contributed by atoms with Crippen LogP contribution in [0.2, 0.25) is 0 Å². The molecule has 1 aromatic rings. The van der Waals surface area contributed by atoms with Crippen LogP contribution in [-0.2, 0) is 17.7 Å². The first-order valence-electron chi connectivity index (χ1n) is 6.01. The molecule has 1 N–H and O–H groups in total. The Labute approximate surface area is 96.2 Å². The van der Waals surface area contributed by atoms with Crippen molar-refractivity contribution in [3.63, 3.8) is 0 Å². The zero-order valence-corrected chi connectivity index (χ0v) is 10.1. The Balaban J connectivity index is 2.02. The molecule has 1 aliphatic heterocycles. The summed E-state index contributed by atoms with van der Waals surface area (Å²) in [6.45, 7) is 7.71. The van der Waals surface area contributed by atoms with E-state index in [0.717, 1.165) is 50.8 Å². The van der Waals surface area contributed by atoms with Crippen molar-refractivity contribution in [1.29, 1.82) is 0 Å². The number of morpholine rings is 1. The van der Waals surface area contributed by atoms with E-state index in [2.05, 4.69) is 27.0 Å². The van der Waals surface area contributed by atoms with Crippen LogP contribution < -0.4 is 5.32 Å². The highest BCUT2D eigenvalue weighted by atomic mass is 16.5. The molecule has 0 aliphatic carbocycles. The minimum absolute atomic E-state index is 0.382. The van der Waals surface area contributed by atoms with Crippen molar-refractivity contribution in [2.24, 2.45) is 0 Å². The molecule has 2 rings (SSSR count). The number of hydrogen-bond acceptors (Lipinski definition) is 4. The summed E-state index contributed by atoms with van der Waals surface area (Å²) in [4.78, 5) is 0. The lowest BCUT2D eigenvalue weighted by Gasteiger charge is -2.23. The maximum Gasteiger partial charge on any atom is 0.134 e. The van der Waals surface area contributed by atoms with E-state index in [-0.39, 0.29) is 0 Å². The first kappa shape index (κ1) is 11.5. The lowest BCUT2D eigenvalue weighted by Crippen LogP contribution is -2.43. The van der Waals surface area contributed by atoms with Gasteiger partial charge < -0.3 is 14.6 Å². The molecule has 1 fully saturated rings. The standard InChI is InChI=1S/C11H20N4O/c1-3-5-15-9(2)13-14-11(15)7-10-8-16-6-4-12-10/h10,12H,3-8H2,1-2H3. The molecule has 16 heavy (non-hydrogen) atoms. The molecule has 0 aromatic carbocycles. The van der Waals surface area contributed by atoms with Crippen molar-refractivity contribution in [2.75, 3.05) is 19.8 Å². The van der Waals surface area contributed by atoms with Crippen LogP contribution in [0.4, 0.5) is 0 Å². The van der Waals surface area contributed by atoms with Gasteiger partial charge in [0.25, 0.3) is 0 Å². The molecule has 5 nitrogen and oxygen atoms in total. The second-order valence-electron chi connectivity index (χ2n) is 4.25. The fourth-order valence-electron chi connectivity index (χ4n) is 2.06. The number of hydrogen-bond donors (Lipinski definition) is 1. The van der Waals surface area contributed by atoms with E-state index in [1.165, 1.54) is 0 Å². The first-order chi connectivity index (χ1) is 7.81. The van der Waals surface area contributed by atoms with Crippen molar-refractivity contribution in [1.82, 2.24) is 20.1 Å². The van der Waals surface area contributed by atoms with Crippen molar-refractivity contribution >= 4 is 0 Å². The average molecular weight is 224 g/mol. The van der Waals surface area contributed by atoms with Crippen molar-refractivity contribution in [3.8, 4) is 0 Å². The maximum atomic E-state index is 5.44. The molecule has 90 valence electrons. The average Bonchev–Trinajstić information content (AvgIpc) is 2.64. The van der Waals surface area contributed by atoms with Gasteiger partial charge in [0, 0.05) is 25.6 Å². The highest BCUT2D eigenvalue weighted by Gasteiger charge is 2.17. The molecule has 0 saturated carbocycles. The molecule has 0 spiro atoms. The molecular formula is C11H20N4O. The summed E-state index contributed by atoms with van der Waals surface area (Å²) >= 11 is 0. The van der Waals surface area contributed by atoms with Crippen LogP contribution in [-0.4, -0.2) is 40.6 Å². The van der Waals surface area contributed by atoms with Crippen molar-refractivity contribution in [3.05, 3.63) is 11.6 Å². The van der Waals surface area contributed by atoms with Crippen molar-refractivity contribution in [2.45, 2.75) is 39.3 Å². The van der Waals surface area contributed by atoms with E-state index in [1.54, 1.807) is 0 Å². The lowest BCUT2D eigenvalue weighted by molar-refractivity contribution is 0.0761. The summed E-state index contributed by atoms with van der Waals surface area (Å²) in [7, 11) is 0. The van der Waals surface area contributed by atoms with E-state index in [9.17, 15) is 0 Å². The molecule has 0 amide bonds. The maximum absolute atomic E-state index is 5.44. The SMILES string of the molecule is CCCn1c(C)nnc1CC1COCCN1. The van der Waals surface area contributed by atoms with E-state index in [4.69, 9.17) is 4.74 Å². The van der Waals surface area contributed by atoms with E-state index < -0.39 is 0 Å². The summed E-state index contributed by atoms with van der Waals surface area (Å²) in [5, 5.41) is 11.8. The monoisotopic (exact) mass is 224 g/mol. The molecule has 5 heteroatoms. The summed E-state index contributed by atoms with van der Waals surface area (Å²) < 4.78 is 7.65. The number of ether oxygens (including phenoxy) is 1. The minimum atomic E-state index is 0.382. The fourth-order valence-corrected chi connectivity index (χ4v) is 2.06. The number of nitrogens with one attached hydrogen (secondary N) is 1. The Morgan fingerprint density at radius 3 is 3.06 bits per heavy atom. The van der Waals surface area contributed by atoms with Gasteiger partial charge in [0.15, 0.2) is 0 Å². The van der Waals surface area contributed by atoms with Crippen LogP contribution in [0, 0.1) is 6.92 Å². The van der Waals surface area contributed by atoms with Crippen LogP contribution >= 0.6 is 0 Å². The minimum Gasteiger partial charge on any atom is -0.379 e. The second-order valence-corrected chi connectivity index (χ2v) is 4.25. The van der Waals surface area contributed by atoms with Crippen LogP contribution in [0.3, 0.4) is 0 Å². The zero-order chi connectivity index (χ0) is 11.4. The largest absolute Gasteiger partial charge is 0.379 e. The Kier molecular flexibility index (Phi) is 3.90. The molecule has 1 aliphatic rings.